The summed E-state index contributed by atoms with van der Waals surface area (Å²) in [6.45, 7) is 8.21. The third kappa shape index (κ3) is 6.31. The van der Waals surface area contributed by atoms with Gasteiger partial charge in [0.2, 0.25) is 5.91 Å². The Balaban J connectivity index is 1.41. The van der Waals surface area contributed by atoms with Crippen molar-refractivity contribution in [2.75, 3.05) is 46.4 Å². The summed E-state index contributed by atoms with van der Waals surface area (Å²) in [5, 5.41) is 8.90. The summed E-state index contributed by atoms with van der Waals surface area (Å²) in [4.78, 5) is 19.1. The van der Waals surface area contributed by atoms with E-state index in [-0.39, 0.29) is 5.91 Å². The fourth-order valence-electron chi connectivity index (χ4n) is 3.58. The smallest absolute Gasteiger partial charge is 0.236 e. The van der Waals surface area contributed by atoms with E-state index in [4.69, 9.17) is 10.00 Å². The van der Waals surface area contributed by atoms with E-state index in [0.29, 0.717) is 25.3 Å². The summed E-state index contributed by atoms with van der Waals surface area (Å²) >= 11 is 0. The number of piperazine rings is 1. The molecule has 1 aliphatic heterocycles. The number of likely N-dealkylation sites (N-methyl/N-ethyl adjacent to an activating group) is 1. The molecule has 6 heteroatoms. The van der Waals surface area contributed by atoms with Crippen LogP contribution in [0.5, 0.6) is 5.75 Å². The van der Waals surface area contributed by atoms with Gasteiger partial charge >= 0.3 is 0 Å². The molecule has 0 N–H and O–H groups in total. The second kappa shape index (κ2) is 10.8. The van der Waals surface area contributed by atoms with Crippen molar-refractivity contribution in [3.8, 4) is 11.8 Å². The van der Waals surface area contributed by atoms with E-state index in [9.17, 15) is 4.79 Å². The Kier molecular flexibility index (Phi) is 7.83. The Bertz CT molecular complexity index is 850. The minimum absolute atomic E-state index is 0.143. The van der Waals surface area contributed by atoms with Crippen LogP contribution in [0.2, 0.25) is 0 Å². The van der Waals surface area contributed by atoms with Gasteiger partial charge in [-0.05, 0) is 42.3 Å². The lowest BCUT2D eigenvalue weighted by atomic mass is 10.1. The van der Waals surface area contributed by atoms with Crippen LogP contribution < -0.4 is 4.74 Å². The van der Waals surface area contributed by atoms with Gasteiger partial charge in [0.05, 0.1) is 24.8 Å². The number of carbonyl (C=O) groups is 1. The van der Waals surface area contributed by atoms with E-state index in [1.54, 1.807) is 4.90 Å². The molecule has 0 unspecified atom stereocenters. The number of ether oxygens (including phenoxy) is 1. The molecule has 0 atom stereocenters. The first kappa shape index (κ1) is 21.8. The topological polar surface area (TPSA) is 59.8 Å². The molecule has 3 rings (SSSR count). The quantitative estimate of drug-likeness (QED) is 0.675. The molecule has 6 nitrogen and oxygen atoms in total. The van der Waals surface area contributed by atoms with Crippen molar-refractivity contribution in [2.24, 2.45) is 0 Å². The Labute approximate surface area is 179 Å². The summed E-state index contributed by atoms with van der Waals surface area (Å²) in [5.41, 5.74) is 3.01. The summed E-state index contributed by atoms with van der Waals surface area (Å²) in [6, 6.07) is 17.8. The molecule has 0 radical (unpaired) electrons. The highest BCUT2D eigenvalue weighted by atomic mass is 16.5. The average molecular weight is 407 g/mol. The standard InChI is InChI=1S/C24H30N4O2/c1-3-30-23-10-8-21(9-11-23)17-26(2)24(29)19-28-14-12-27(13-15-28)18-22-6-4-20(16-25)5-7-22/h4-11H,3,12-15,17-19H2,1-2H3. The monoisotopic (exact) mass is 406 g/mol. The van der Waals surface area contributed by atoms with Crippen LogP contribution in [0.15, 0.2) is 48.5 Å². The molecule has 0 spiro atoms. The second-order valence-corrected chi connectivity index (χ2v) is 7.69. The molecule has 2 aromatic rings. The molecule has 1 heterocycles. The lowest BCUT2D eigenvalue weighted by Crippen LogP contribution is -2.49. The van der Waals surface area contributed by atoms with E-state index >= 15 is 0 Å². The number of nitriles is 1. The highest BCUT2D eigenvalue weighted by molar-refractivity contribution is 5.78. The molecule has 0 aliphatic carbocycles. The molecule has 2 aromatic carbocycles. The maximum atomic E-state index is 12.6. The van der Waals surface area contributed by atoms with Gasteiger partial charge < -0.3 is 9.64 Å². The molecule has 0 saturated carbocycles. The summed E-state index contributed by atoms with van der Waals surface area (Å²) in [7, 11) is 1.86. The van der Waals surface area contributed by atoms with Gasteiger partial charge in [-0.25, -0.2) is 0 Å². The number of nitrogens with zero attached hydrogens (tertiary/aromatic N) is 4. The molecular formula is C24H30N4O2. The SMILES string of the molecule is CCOc1ccc(CN(C)C(=O)CN2CCN(Cc3ccc(C#N)cc3)CC2)cc1. The molecular weight excluding hydrogens is 376 g/mol. The van der Waals surface area contributed by atoms with Gasteiger partial charge in [0.25, 0.3) is 0 Å². The van der Waals surface area contributed by atoms with Gasteiger partial charge in [-0.3, -0.25) is 14.6 Å². The van der Waals surface area contributed by atoms with Crippen LogP contribution >= 0.6 is 0 Å². The van der Waals surface area contributed by atoms with E-state index in [2.05, 4.69) is 15.9 Å². The molecule has 1 saturated heterocycles. The Morgan fingerprint density at radius 3 is 2.20 bits per heavy atom. The van der Waals surface area contributed by atoms with E-state index in [1.807, 2.05) is 62.5 Å². The van der Waals surface area contributed by atoms with Gasteiger partial charge in [-0.2, -0.15) is 5.26 Å². The Hall–Kier alpha value is -2.88. The number of hydrogen-bond donors (Lipinski definition) is 0. The average Bonchev–Trinajstić information content (AvgIpc) is 2.77. The third-order valence-electron chi connectivity index (χ3n) is 5.39. The Morgan fingerprint density at radius 2 is 1.60 bits per heavy atom. The zero-order valence-corrected chi connectivity index (χ0v) is 17.9. The first-order valence-corrected chi connectivity index (χ1v) is 10.5. The summed E-state index contributed by atoms with van der Waals surface area (Å²) in [6.07, 6.45) is 0. The molecule has 0 aromatic heterocycles. The number of benzene rings is 2. The van der Waals surface area contributed by atoms with Gasteiger partial charge in [0.15, 0.2) is 0 Å². The normalized spacial score (nSPS) is 14.8. The lowest BCUT2D eigenvalue weighted by molar-refractivity contribution is -0.132. The Morgan fingerprint density at radius 1 is 1.00 bits per heavy atom. The van der Waals surface area contributed by atoms with Crippen LogP contribution in [0.1, 0.15) is 23.6 Å². The zero-order valence-electron chi connectivity index (χ0n) is 17.9. The van der Waals surface area contributed by atoms with Crippen molar-refractivity contribution in [3.63, 3.8) is 0 Å². The van der Waals surface area contributed by atoms with E-state index in [0.717, 1.165) is 44.0 Å². The zero-order chi connectivity index (χ0) is 21.3. The van der Waals surface area contributed by atoms with Crippen LogP contribution in [-0.4, -0.2) is 67.0 Å². The maximum absolute atomic E-state index is 12.6. The predicted octanol–water partition coefficient (Wildman–Crippen LogP) is 2.73. The van der Waals surface area contributed by atoms with Gasteiger partial charge in [0, 0.05) is 46.3 Å². The van der Waals surface area contributed by atoms with Crippen LogP contribution in [0.3, 0.4) is 0 Å². The van der Waals surface area contributed by atoms with Gasteiger partial charge in [-0.15, -0.1) is 0 Å². The number of hydrogen-bond acceptors (Lipinski definition) is 5. The van der Waals surface area contributed by atoms with Crippen molar-refractivity contribution in [3.05, 3.63) is 65.2 Å². The predicted molar refractivity (Wildman–Crippen MR) is 117 cm³/mol. The van der Waals surface area contributed by atoms with E-state index in [1.165, 1.54) is 5.56 Å². The van der Waals surface area contributed by atoms with Gasteiger partial charge in [-0.1, -0.05) is 24.3 Å². The molecule has 1 fully saturated rings. The van der Waals surface area contributed by atoms with Crippen molar-refractivity contribution >= 4 is 5.91 Å². The summed E-state index contributed by atoms with van der Waals surface area (Å²) in [5.74, 6) is 0.999. The van der Waals surface area contributed by atoms with Gasteiger partial charge in [0.1, 0.15) is 5.75 Å². The number of carbonyl (C=O) groups excluding carboxylic acids is 1. The molecule has 158 valence electrons. The fourth-order valence-corrected chi connectivity index (χ4v) is 3.58. The highest BCUT2D eigenvalue weighted by Gasteiger charge is 2.20. The van der Waals surface area contributed by atoms with Crippen LogP contribution in [0, 0.1) is 11.3 Å². The molecule has 1 aliphatic rings. The van der Waals surface area contributed by atoms with Crippen molar-refractivity contribution in [1.29, 1.82) is 5.26 Å². The first-order chi connectivity index (χ1) is 14.6. The minimum atomic E-state index is 0.143. The summed E-state index contributed by atoms with van der Waals surface area (Å²) < 4.78 is 5.47. The third-order valence-corrected chi connectivity index (χ3v) is 5.39. The van der Waals surface area contributed by atoms with Crippen molar-refractivity contribution in [2.45, 2.75) is 20.0 Å². The van der Waals surface area contributed by atoms with Crippen LogP contribution in [0.25, 0.3) is 0 Å². The second-order valence-electron chi connectivity index (χ2n) is 7.69. The molecule has 0 bridgehead atoms. The van der Waals surface area contributed by atoms with E-state index < -0.39 is 0 Å². The van der Waals surface area contributed by atoms with Crippen molar-refractivity contribution in [1.82, 2.24) is 14.7 Å². The molecule has 1 amide bonds. The van der Waals surface area contributed by atoms with Crippen LogP contribution in [0.4, 0.5) is 0 Å². The number of amides is 1. The maximum Gasteiger partial charge on any atom is 0.236 e. The fraction of sp³-hybridized carbons (Fsp3) is 0.417. The largest absolute Gasteiger partial charge is 0.494 e. The first-order valence-electron chi connectivity index (χ1n) is 10.5. The van der Waals surface area contributed by atoms with Crippen LogP contribution in [-0.2, 0) is 17.9 Å². The minimum Gasteiger partial charge on any atom is -0.494 e. The highest BCUT2D eigenvalue weighted by Crippen LogP contribution is 2.14. The lowest BCUT2D eigenvalue weighted by Gasteiger charge is -2.35. The number of rotatable bonds is 8. The van der Waals surface area contributed by atoms with Crippen molar-refractivity contribution < 1.29 is 9.53 Å². The molecule has 30 heavy (non-hydrogen) atoms.